The minimum absolute atomic E-state index is 0.0628. The van der Waals surface area contributed by atoms with Crippen molar-refractivity contribution in [2.24, 2.45) is 0 Å². The molecule has 0 spiro atoms. The van der Waals surface area contributed by atoms with Crippen LogP contribution in [0.5, 0.6) is 5.75 Å². The van der Waals surface area contributed by atoms with Gasteiger partial charge in [-0.15, -0.1) is 11.8 Å². The highest BCUT2D eigenvalue weighted by Crippen LogP contribution is 2.26. The van der Waals surface area contributed by atoms with Crippen molar-refractivity contribution < 1.29 is 9.53 Å². The Morgan fingerprint density at radius 2 is 1.85 bits per heavy atom. The molecular weight excluding hydrogens is 342 g/mol. The number of thioether (sulfide) groups is 1. The van der Waals surface area contributed by atoms with Gasteiger partial charge in [-0.25, -0.2) is 0 Å². The van der Waals surface area contributed by atoms with E-state index in [0.29, 0.717) is 6.54 Å². The summed E-state index contributed by atoms with van der Waals surface area (Å²) in [6, 6.07) is 14.7. The van der Waals surface area contributed by atoms with Gasteiger partial charge in [-0.3, -0.25) is 4.79 Å². The van der Waals surface area contributed by atoms with Gasteiger partial charge in [-0.05, 0) is 74.9 Å². The van der Waals surface area contributed by atoms with Crippen LogP contribution in [0.3, 0.4) is 0 Å². The van der Waals surface area contributed by atoms with Crippen LogP contribution in [0.2, 0.25) is 0 Å². The predicted molar refractivity (Wildman–Crippen MR) is 108 cm³/mol. The number of ether oxygens (including phenoxy) is 1. The van der Waals surface area contributed by atoms with Crippen LogP contribution in [0.4, 0.5) is 0 Å². The van der Waals surface area contributed by atoms with Crippen molar-refractivity contribution in [3.8, 4) is 5.75 Å². The van der Waals surface area contributed by atoms with Gasteiger partial charge in [0.25, 0.3) is 5.91 Å². The Balaban J connectivity index is 1.42. The standard InChI is InChI=1S/C22H27NO2S/c1-16-7-11-21(12-8-16)26-14-13-23-22(24)17(2)25-20-10-9-18-5-3-4-6-19(18)15-20/h7-12,15,17H,3-6,13-14H2,1-2H3,(H,23,24). The maximum atomic E-state index is 12.2. The minimum Gasteiger partial charge on any atom is -0.481 e. The third kappa shape index (κ3) is 5.28. The topological polar surface area (TPSA) is 38.3 Å². The van der Waals surface area contributed by atoms with Crippen LogP contribution in [0.1, 0.15) is 36.5 Å². The molecule has 0 aromatic heterocycles. The lowest BCUT2D eigenvalue weighted by molar-refractivity contribution is -0.127. The van der Waals surface area contributed by atoms with Gasteiger partial charge >= 0.3 is 0 Å². The van der Waals surface area contributed by atoms with Gasteiger partial charge < -0.3 is 10.1 Å². The van der Waals surface area contributed by atoms with Crippen LogP contribution >= 0.6 is 11.8 Å². The quantitative estimate of drug-likeness (QED) is 0.575. The molecule has 1 unspecified atom stereocenters. The number of carbonyl (C=O) groups excluding carboxylic acids is 1. The highest BCUT2D eigenvalue weighted by molar-refractivity contribution is 7.99. The average Bonchev–Trinajstić information content (AvgIpc) is 2.66. The fourth-order valence-corrected chi connectivity index (χ4v) is 3.93. The molecule has 2 aromatic carbocycles. The molecule has 0 heterocycles. The molecule has 0 bridgehead atoms. The Morgan fingerprint density at radius 1 is 1.12 bits per heavy atom. The van der Waals surface area contributed by atoms with E-state index in [1.54, 1.807) is 11.8 Å². The number of fused-ring (bicyclic) bond motifs is 1. The summed E-state index contributed by atoms with van der Waals surface area (Å²) in [5, 5.41) is 2.96. The zero-order valence-electron chi connectivity index (χ0n) is 15.6. The first kappa shape index (κ1) is 18.8. The lowest BCUT2D eigenvalue weighted by atomic mass is 9.92. The molecule has 26 heavy (non-hydrogen) atoms. The molecule has 0 radical (unpaired) electrons. The van der Waals surface area contributed by atoms with Crippen molar-refractivity contribution in [3.05, 3.63) is 59.2 Å². The molecule has 138 valence electrons. The van der Waals surface area contributed by atoms with E-state index in [4.69, 9.17) is 4.74 Å². The van der Waals surface area contributed by atoms with E-state index in [1.165, 1.54) is 34.4 Å². The van der Waals surface area contributed by atoms with Gasteiger partial charge in [-0.2, -0.15) is 0 Å². The molecule has 1 N–H and O–H groups in total. The first-order chi connectivity index (χ1) is 12.6. The van der Waals surface area contributed by atoms with E-state index in [9.17, 15) is 4.79 Å². The van der Waals surface area contributed by atoms with Crippen molar-refractivity contribution >= 4 is 17.7 Å². The predicted octanol–water partition coefficient (Wildman–Crippen LogP) is 4.55. The number of benzene rings is 2. The van der Waals surface area contributed by atoms with Crippen LogP contribution in [0.25, 0.3) is 0 Å². The average molecular weight is 370 g/mol. The second-order valence-electron chi connectivity index (χ2n) is 6.85. The summed E-state index contributed by atoms with van der Waals surface area (Å²) >= 11 is 1.75. The number of amides is 1. The van der Waals surface area contributed by atoms with Crippen molar-refractivity contribution in [2.45, 2.75) is 50.5 Å². The Labute approximate surface area is 160 Å². The van der Waals surface area contributed by atoms with Crippen molar-refractivity contribution in [1.82, 2.24) is 5.32 Å². The highest BCUT2D eigenvalue weighted by Gasteiger charge is 2.16. The molecule has 1 aliphatic rings. The molecule has 0 saturated heterocycles. The second-order valence-corrected chi connectivity index (χ2v) is 8.02. The number of hydrogen-bond acceptors (Lipinski definition) is 3. The molecule has 0 aliphatic heterocycles. The van der Waals surface area contributed by atoms with Gasteiger partial charge in [0.2, 0.25) is 0 Å². The molecule has 0 saturated carbocycles. The summed E-state index contributed by atoms with van der Waals surface area (Å²) in [7, 11) is 0. The van der Waals surface area contributed by atoms with E-state index < -0.39 is 6.10 Å². The monoisotopic (exact) mass is 369 g/mol. The van der Waals surface area contributed by atoms with Gasteiger partial charge in [0.15, 0.2) is 6.10 Å². The third-order valence-electron chi connectivity index (χ3n) is 4.69. The Bertz CT molecular complexity index is 742. The van der Waals surface area contributed by atoms with Gasteiger partial charge in [0.1, 0.15) is 5.75 Å². The van der Waals surface area contributed by atoms with E-state index in [0.717, 1.165) is 24.3 Å². The Kier molecular flexibility index (Phi) is 6.62. The molecule has 1 amide bonds. The first-order valence-electron chi connectivity index (χ1n) is 9.37. The summed E-state index contributed by atoms with van der Waals surface area (Å²) < 4.78 is 5.85. The van der Waals surface area contributed by atoms with Crippen molar-refractivity contribution in [1.29, 1.82) is 0 Å². The van der Waals surface area contributed by atoms with Gasteiger partial charge in [-0.1, -0.05) is 23.8 Å². The highest BCUT2D eigenvalue weighted by atomic mass is 32.2. The van der Waals surface area contributed by atoms with E-state index in [-0.39, 0.29) is 5.91 Å². The molecule has 3 rings (SSSR count). The Morgan fingerprint density at radius 3 is 2.62 bits per heavy atom. The third-order valence-corrected chi connectivity index (χ3v) is 5.71. The molecule has 1 atom stereocenters. The summed E-state index contributed by atoms with van der Waals surface area (Å²) in [5.74, 6) is 1.58. The second kappa shape index (κ2) is 9.13. The molecular formula is C22H27NO2S. The maximum absolute atomic E-state index is 12.2. The van der Waals surface area contributed by atoms with E-state index in [1.807, 2.05) is 13.0 Å². The summed E-state index contributed by atoms with van der Waals surface area (Å²) in [5.41, 5.74) is 4.06. The fraction of sp³-hybridized carbons (Fsp3) is 0.409. The molecule has 0 fully saturated rings. The Hall–Kier alpha value is -1.94. The zero-order valence-corrected chi connectivity index (χ0v) is 16.4. The SMILES string of the molecule is Cc1ccc(SCCNC(=O)C(C)Oc2ccc3c(c2)CCCC3)cc1. The summed E-state index contributed by atoms with van der Waals surface area (Å²) in [6.45, 7) is 4.52. The molecule has 3 nitrogen and oxygen atoms in total. The van der Waals surface area contributed by atoms with Gasteiger partial charge in [0, 0.05) is 17.2 Å². The number of nitrogens with one attached hydrogen (secondary N) is 1. The van der Waals surface area contributed by atoms with E-state index >= 15 is 0 Å². The first-order valence-corrected chi connectivity index (χ1v) is 10.4. The van der Waals surface area contributed by atoms with Crippen LogP contribution in [-0.4, -0.2) is 24.3 Å². The molecule has 2 aromatic rings. The fourth-order valence-electron chi connectivity index (χ4n) is 3.16. The lowest BCUT2D eigenvalue weighted by Crippen LogP contribution is -2.37. The minimum atomic E-state index is -0.485. The number of hydrogen-bond donors (Lipinski definition) is 1. The summed E-state index contributed by atoms with van der Waals surface area (Å²) in [6.07, 6.45) is 4.30. The van der Waals surface area contributed by atoms with E-state index in [2.05, 4.69) is 48.6 Å². The van der Waals surface area contributed by atoms with Crippen LogP contribution in [-0.2, 0) is 17.6 Å². The van der Waals surface area contributed by atoms with Crippen LogP contribution in [0, 0.1) is 6.92 Å². The zero-order chi connectivity index (χ0) is 18.4. The number of carbonyl (C=O) groups is 1. The maximum Gasteiger partial charge on any atom is 0.260 e. The normalized spacial score (nSPS) is 14.4. The largest absolute Gasteiger partial charge is 0.481 e. The smallest absolute Gasteiger partial charge is 0.260 e. The van der Waals surface area contributed by atoms with Crippen LogP contribution in [0.15, 0.2) is 47.4 Å². The lowest BCUT2D eigenvalue weighted by Gasteiger charge is -2.19. The van der Waals surface area contributed by atoms with Crippen molar-refractivity contribution in [2.75, 3.05) is 12.3 Å². The van der Waals surface area contributed by atoms with Crippen LogP contribution < -0.4 is 10.1 Å². The van der Waals surface area contributed by atoms with Crippen molar-refractivity contribution in [3.63, 3.8) is 0 Å². The molecule has 4 heteroatoms. The molecule has 1 aliphatic carbocycles. The number of aryl methyl sites for hydroxylation is 3. The number of rotatable bonds is 7. The van der Waals surface area contributed by atoms with Gasteiger partial charge in [0.05, 0.1) is 0 Å². The summed E-state index contributed by atoms with van der Waals surface area (Å²) in [4.78, 5) is 13.5.